The molecule has 6 heteroatoms. The molecule has 1 fully saturated rings. The highest BCUT2D eigenvalue weighted by molar-refractivity contribution is 5.71. The van der Waals surface area contributed by atoms with Crippen molar-refractivity contribution in [1.82, 2.24) is 0 Å². The lowest BCUT2D eigenvalue weighted by Gasteiger charge is -2.16. The van der Waals surface area contributed by atoms with Crippen LogP contribution < -0.4 is 0 Å². The van der Waals surface area contributed by atoms with Crippen molar-refractivity contribution in [1.29, 1.82) is 0 Å². The summed E-state index contributed by atoms with van der Waals surface area (Å²) in [6.07, 6.45) is 0. The molecule has 0 radical (unpaired) electrons. The van der Waals surface area contributed by atoms with Crippen LogP contribution in [0.5, 0.6) is 0 Å². The van der Waals surface area contributed by atoms with E-state index < -0.39 is 0 Å². The summed E-state index contributed by atoms with van der Waals surface area (Å²) in [5, 5.41) is 0. The van der Waals surface area contributed by atoms with Crippen molar-refractivity contribution in [2.75, 3.05) is 39.6 Å². The van der Waals surface area contributed by atoms with E-state index >= 15 is 0 Å². The van der Waals surface area contributed by atoms with Gasteiger partial charge in [-0.3, -0.25) is 0 Å². The summed E-state index contributed by atoms with van der Waals surface area (Å²) in [6, 6.07) is 0. The fourth-order valence-corrected chi connectivity index (χ4v) is 1.34. The molecule has 104 valence electrons. The minimum Gasteiger partial charge on any atom is -0.464 e. The van der Waals surface area contributed by atoms with E-state index in [1.54, 1.807) is 0 Å². The van der Waals surface area contributed by atoms with Crippen LogP contribution in [0, 0.1) is 11.8 Å². The normalized spacial score (nSPS) is 29.0. The molecule has 0 saturated carbocycles. The van der Waals surface area contributed by atoms with E-state index in [4.69, 9.17) is 18.9 Å². The van der Waals surface area contributed by atoms with Crippen molar-refractivity contribution in [3.05, 3.63) is 0 Å². The minimum absolute atomic E-state index is 0.0311. The van der Waals surface area contributed by atoms with Gasteiger partial charge >= 0.3 is 11.9 Å². The van der Waals surface area contributed by atoms with Crippen LogP contribution in [0.4, 0.5) is 0 Å². The minimum atomic E-state index is -0.386. The molecule has 1 heterocycles. The Morgan fingerprint density at radius 2 is 1.17 bits per heavy atom. The number of rotatable bonds is 0. The van der Waals surface area contributed by atoms with Gasteiger partial charge in [0.15, 0.2) is 0 Å². The lowest BCUT2D eigenvalue weighted by Crippen LogP contribution is -2.25. The zero-order valence-corrected chi connectivity index (χ0v) is 10.8. The van der Waals surface area contributed by atoms with E-state index in [2.05, 4.69) is 0 Å². The smallest absolute Gasteiger partial charge is 0.332 e. The van der Waals surface area contributed by atoms with E-state index in [0.717, 1.165) is 0 Å². The molecule has 6 nitrogen and oxygen atoms in total. The van der Waals surface area contributed by atoms with Crippen molar-refractivity contribution >= 4 is 11.9 Å². The van der Waals surface area contributed by atoms with Crippen LogP contribution in [0.1, 0.15) is 13.8 Å². The Morgan fingerprint density at radius 1 is 0.778 bits per heavy atom. The maximum Gasteiger partial charge on any atom is 0.332 e. The van der Waals surface area contributed by atoms with Gasteiger partial charge in [-0.2, -0.15) is 0 Å². The molecule has 0 aromatic rings. The lowest BCUT2D eigenvalue weighted by molar-refractivity contribution is -0.157. The SMILES string of the molecule is CC1COCC(=O)OCC(C)COCC(=O)OC1. The van der Waals surface area contributed by atoms with Crippen LogP contribution in [-0.2, 0) is 28.5 Å². The van der Waals surface area contributed by atoms with Gasteiger partial charge < -0.3 is 18.9 Å². The van der Waals surface area contributed by atoms with Crippen molar-refractivity contribution in [2.24, 2.45) is 11.8 Å². The Bertz CT molecular complexity index is 250. The summed E-state index contributed by atoms with van der Waals surface area (Å²) < 4.78 is 20.4. The second-order valence-electron chi connectivity index (χ2n) is 4.61. The summed E-state index contributed by atoms with van der Waals surface area (Å²) >= 11 is 0. The summed E-state index contributed by atoms with van der Waals surface area (Å²) in [4.78, 5) is 22.6. The van der Waals surface area contributed by atoms with Gasteiger partial charge in [0.25, 0.3) is 0 Å². The van der Waals surface area contributed by atoms with E-state index in [9.17, 15) is 9.59 Å². The van der Waals surface area contributed by atoms with E-state index in [-0.39, 0.29) is 50.2 Å². The molecule has 0 spiro atoms. The van der Waals surface area contributed by atoms with Crippen LogP contribution >= 0.6 is 0 Å². The molecule has 0 aromatic heterocycles. The second kappa shape index (κ2) is 8.05. The monoisotopic (exact) mass is 260 g/mol. The van der Waals surface area contributed by atoms with Crippen molar-refractivity contribution < 1.29 is 28.5 Å². The molecule has 2 unspecified atom stereocenters. The zero-order valence-electron chi connectivity index (χ0n) is 10.8. The molecule has 0 bridgehead atoms. The molecular weight excluding hydrogens is 240 g/mol. The molecule has 2 atom stereocenters. The van der Waals surface area contributed by atoms with Gasteiger partial charge in [0, 0.05) is 11.8 Å². The molecule has 0 aliphatic carbocycles. The van der Waals surface area contributed by atoms with Crippen molar-refractivity contribution in [3.63, 3.8) is 0 Å². The Labute approximate surface area is 107 Å². The summed E-state index contributed by atoms with van der Waals surface area (Å²) in [7, 11) is 0. The molecule has 1 aliphatic rings. The topological polar surface area (TPSA) is 71.1 Å². The summed E-state index contributed by atoms with van der Waals surface area (Å²) in [5.41, 5.74) is 0. The third kappa shape index (κ3) is 6.56. The largest absolute Gasteiger partial charge is 0.464 e. The first kappa shape index (κ1) is 14.9. The molecule has 0 N–H and O–H groups in total. The standard InChI is InChI=1S/C12H20O6/c1-9-3-15-7-12(14)18-6-10(2)4-16-8-11(13)17-5-9/h9-10H,3-8H2,1-2H3. The summed E-state index contributed by atoms with van der Waals surface area (Å²) in [5.74, 6) is -0.710. The van der Waals surface area contributed by atoms with E-state index in [1.807, 2.05) is 13.8 Å². The number of carbonyl (C=O) groups is 2. The highest BCUT2D eigenvalue weighted by Crippen LogP contribution is 2.02. The van der Waals surface area contributed by atoms with Crippen LogP contribution in [-0.4, -0.2) is 51.6 Å². The predicted molar refractivity (Wildman–Crippen MR) is 61.9 cm³/mol. The number of hydrogen-bond acceptors (Lipinski definition) is 6. The maximum absolute atomic E-state index is 11.3. The number of hydrogen-bond donors (Lipinski definition) is 0. The quantitative estimate of drug-likeness (QED) is 0.587. The first-order chi connectivity index (χ1) is 8.58. The lowest BCUT2D eigenvalue weighted by atomic mass is 10.2. The number of ether oxygens (including phenoxy) is 4. The second-order valence-corrected chi connectivity index (χ2v) is 4.61. The third-order valence-electron chi connectivity index (χ3n) is 2.30. The van der Waals surface area contributed by atoms with Crippen molar-refractivity contribution in [2.45, 2.75) is 13.8 Å². The zero-order chi connectivity index (χ0) is 13.4. The van der Waals surface area contributed by atoms with Crippen LogP contribution in [0.2, 0.25) is 0 Å². The van der Waals surface area contributed by atoms with Gasteiger partial charge in [-0.15, -0.1) is 0 Å². The van der Waals surface area contributed by atoms with Gasteiger partial charge in [0.2, 0.25) is 0 Å². The van der Waals surface area contributed by atoms with Gasteiger partial charge in [-0.05, 0) is 0 Å². The highest BCUT2D eigenvalue weighted by atomic mass is 16.6. The average molecular weight is 260 g/mol. The van der Waals surface area contributed by atoms with E-state index in [1.165, 1.54) is 0 Å². The van der Waals surface area contributed by atoms with Crippen LogP contribution in [0.15, 0.2) is 0 Å². The Kier molecular flexibility index (Phi) is 6.67. The molecule has 1 rings (SSSR count). The van der Waals surface area contributed by atoms with Gasteiger partial charge in [0.05, 0.1) is 26.4 Å². The molecule has 1 aliphatic heterocycles. The first-order valence-corrected chi connectivity index (χ1v) is 6.04. The first-order valence-electron chi connectivity index (χ1n) is 6.04. The molecular formula is C12H20O6. The van der Waals surface area contributed by atoms with Gasteiger partial charge in [-0.25, -0.2) is 9.59 Å². The Balaban J connectivity index is 2.41. The summed E-state index contributed by atoms with van der Waals surface area (Å²) in [6.45, 7) is 4.79. The van der Waals surface area contributed by atoms with Gasteiger partial charge in [-0.1, -0.05) is 13.8 Å². The molecule has 18 heavy (non-hydrogen) atoms. The number of carbonyl (C=O) groups excluding carboxylic acids is 2. The number of esters is 2. The average Bonchev–Trinajstić information content (AvgIpc) is 2.33. The predicted octanol–water partition coefficient (Wildman–Crippen LogP) is 0.392. The Hall–Kier alpha value is -1.14. The Morgan fingerprint density at radius 3 is 1.56 bits per heavy atom. The van der Waals surface area contributed by atoms with Crippen LogP contribution in [0.25, 0.3) is 0 Å². The molecule has 0 aromatic carbocycles. The molecule has 1 saturated heterocycles. The number of cyclic esters (lactones) is 2. The fourth-order valence-electron chi connectivity index (χ4n) is 1.34. The maximum atomic E-state index is 11.3. The highest BCUT2D eigenvalue weighted by Gasteiger charge is 2.13. The van der Waals surface area contributed by atoms with Crippen molar-refractivity contribution in [3.8, 4) is 0 Å². The third-order valence-corrected chi connectivity index (χ3v) is 2.30. The fraction of sp³-hybridized carbons (Fsp3) is 0.833. The van der Waals surface area contributed by atoms with Gasteiger partial charge in [0.1, 0.15) is 13.2 Å². The van der Waals surface area contributed by atoms with E-state index in [0.29, 0.717) is 13.2 Å². The van der Waals surface area contributed by atoms with Crippen LogP contribution in [0.3, 0.4) is 0 Å². The molecule has 0 amide bonds.